The first kappa shape index (κ1) is 28.9. The highest BCUT2D eigenvalue weighted by Gasteiger charge is 2.19. The van der Waals surface area contributed by atoms with Crippen LogP contribution in [0.4, 0.5) is 4.39 Å². The molecule has 0 fully saturated rings. The van der Waals surface area contributed by atoms with Crippen LogP contribution < -0.4 is 0 Å². The van der Waals surface area contributed by atoms with Crippen LogP contribution in [0.1, 0.15) is 82.2 Å². The lowest BCUT2D eigenvalue weighted by Gasteiger charge is -2.14. The van der Waals surface area contributed by atoms with Gasteiger partial charge in [-0.1, -0.05) is 86.3 Å². The Kier molecular flexibility index (Phi) is 11.8. The monoisotopic (exact) mass is 514 g/mol. The van der Waals surface area contributed by atoms with Crippen molar-refractivity contribution in [3.05, 3.63) is 92.5 Å². The van der Waals surface area contributed by atoms with E-state index in [1.165, 1.54) is 28.5 Å². The Balaban J connectivity index is 0.000000334. The first-order valence-electron chi connectivity index (χ1n) is 12.3. The van der Waals surface area contributed by atoms with Gasteiger partial charge in [-0.15, -0.1) is 0 Å². The molecule has 0 spiro atoms. The number of hydrogen-bond donors (Lipinski definition) is 1. The van der Waals surface area contributed by atoms with Crippen LogP contribution in [0, 0.1) is 12.7 Å². The molecule has 1 aromatic heterocycles. The van der Waals surface area contributed by atoms with Crippen LogP contribution in [0.5, 0.6) is 0 Å². The van der Waals surface area contributed by atoms with Crippen LogP contribution in [-0.4, -0.2) is 11.2 Å². The van der Waals surface area contributed by atoms with E-state index in [4.69, 9.17) is 23.2 Å². The average molecular weight is 516 g/mol. The molecule has 3 rings (SSSR count). The van der Waals surface area contributed by atoms with E-state index in [1.807, 2.05) is 13.8 Å². The highest BCUT2D eigenvalue weighted by atomic mass is 35.5. The summed E-state index contributed by atoms with van der Waals surface area (Å²) in [5.74, 6) is -0.145. The number of rotatable bonds is 8. The van der Waals surface area contributed by atoms with E-state index in [9.17, 15) is 4.39 Å². The third-order valence-electron chi connectivity index (χ3n) is 5.85. The van der Waals surface area contributed by atoms with E-state index in [0.717, 1.165) is 47.3 Å². The summed E-state index contributed by atoms with van der Waals surface area (Å²) in [7, 11) is 0. The zero-order chi connectivity index (χ0) is 26.0. The van der Waals surface area contributed by atoms with Crippen molar-refractivity contribution in [3.8, 4) is 0 Å². The van der Waals surface area contributed by atoms with Crippen molar-refractivity contribution in [2.45, 2.75) is 73.1 Å². The maximum absolute atomic E-state index is 13.9. The molecule has 0 bridgehead atoms. The van der Waals surface area contributed by atoms with Crippen LogP contribution in [0.3, 0.4) is 0 Å². The number of aliphatic imine (C=N–C) groups is 1. The molecule has 1 N–H and O–H groups in total. The molecule has 2 nitrogen and oxygen atoms in total. The Hall–Kier alpha value is -2.36. The van der Waals surface area contributed by atoms with Gasteiger partial charge in [-0.25, -0.2) is 4.39 Å². The molecular formula is C30H37Cl2FN2. The molecule has 0 aliphatic carbocycles. The predicted molar refractivity (Wildman–Crippen MR) is 153 cm³/mol. The normalized spacial score (nSPS) is 13.3. The van der Waals surface area contributed by atoms with E-state index in [0.29, 0.717) is 0 Å². The number of halogens is 3. The molecule has 0 aliphatic rings. The van der Waals surface area contributed by atoms with Crippen molar-refractivity contribution >= 4 is 40.3 Å². The van der Waals surface area contributed by atoms with Gasteiger partial charge in [0.1, 0.15) is 5.82 Å². The number of aromatic nitrogens is 1. The second-order valence-corrected chi connectivity index (χ2v) is 9.85. The SMILES string of the molecule is CC/C=C(C)/N=C/C=C(\C)Cl.CCCCc1c(C(C)c2ccc(C)cc2)[nH]c2cc(F)c(Cl)cc12. The van der Waals surface area contributed by atoms with Crippen molar-refractivity contribution in [2.75, 3.05) is 0 Å². The largest absolute Gasteiger partial charge is 0.358 e. The lowest BCUT2D eigenvalue weighted by molar-refractivity contribution is 0.630. The number of nitrogens with one attached hydrogen (secondary N) is 1. The summed E-state index contributed by atoms with van der Waals surface area (Å²) in [5.41, 5.74) is 6.81. The van der Waals surface area contributed by atoms with Gasteiger partial charge >= 0.3 is 0 Å². The first-order chi connectivity index (χ1) is 16.7. The number of H-pyrrole nitrogens is 1. The highest BCUT2D eigenvalue weighted by molar-refractivity contribution is 6.31. The van der Waals surface area contributed by atoms with Gasteiger partial charge in [0.05, 0.1) is 5.02 Å². The van der Waals surface area contributed by atoms with Crippen molar-refractivity contribution < 1.29 is 4.39 Å². The number of unbranched alkanes of at least 4 members (excludes halogenated alkanes) is 1. The number of nitrogens with zero attached hydrogens (tertiary/aromatic N) is 1. The second kappa shape index (κ2) is 14.3. The summed E-state index contributed by atoms with van der Waals surface area (Å²) < 4.78 is 13.9. The van der Waals surface area contributed by atoms with Crippen molar-refractivity contribution in [3.63, 3.8) is 0 Å². The summed E-state index contributed by atoms with van der Waals surface area (Å²) in [6.07, 6.45) is 9.78. The molecule has 188 valence electrons. The molecule has 0 saturated carbocycles. The molecule has 5 heteroatoms. The van der Waals surface area contributed by atoms with Gasteiger partial charge in [-0.05, 0) is 69.4 Å². The Labute approximate surface area is 220 Å². The van der Waals surface area contributed by atoms with Gasteiger partial charge in [0, 0.05) is 39.5 Å². The topological polar surface area (TPSA) is 28.1 Å². The molecule has 0 aliphatic heterocycles. The molecule has 3 aromatic rings. The predicted octanol–water partition coefficient (Wildman–Crippen LogP) is 10.3. The summed E-state index contributed by atoms with van der Waals surface area (Å²) in [5, 5.41) is 1.98. The zero-order valence-corrected chi connectivity index (χ0v) is 23.2. The molecule has 1 heterocycles. The Bertz CT molecular complexity index is 1180. The van der Waals surface area contributed by atoms with E-state index in [1.54, 1.807) is 18.4 Å². The zero-order valence-electron chi connectivity index (χ0n) is 21.7. The number of hydrogen-bond acceptors (Lipinski definition) is 1. The number of aryl methyl sites for hydroxylation is 2. The summed E-state index contributed by atoms with van der Waals surface area (Å²) in [6, 6.07) is 11.9. The Morgan fingerprint density at radius 1 is 1.14 bits per heavy atom. The fourth-order valence-electron chi connectivity index (χ4n) is 3.89. The van der Waals surface area contributed by atoms with Crippen LogP contribution in [-0.2, 0) is 6.42 Å². The van der Waals surface area contributed by atoms with Gasteiger partial charge < -0.3 is 4.98 Å². The smallest absolute Gasteiger partial charge is 0.143 e. The van der Waals surface area contributed by atoms with Crippen LogP contribution in [0.2, 0.25) is 5.02 Å². The van der Waals surface area contributed by atoms with Gasteiger partial charge in [-0.2, -0.15) is 0 Å². The maximum Gasteiger partial charge on any atom is 0.143 e. The van der Waals surface area contributed by atoms with Crippen LogP contribution in [0.15, 0.2) is 64.3 Å². The standard InChI is InChI=1S/C21H23ClFN.C9H14ClN/c1-4-5-6-16-17-11-18(22)19(23)12-20(17)24-21(16)14(3)15-9-7-13(2)8-10-15;1-4-5-9(3)11-7-6-8(2)10/h7-12,14,24H,4-6H2,1-3H3;5-7H,4H2,1-3H3/b;8-6+,9-5+,11-7+. The minimum Gasteiger partial charge on any atom is -0.358 e. The summed E-state index contributed by atoms with van der Waals surface area (Å²) >= 11 is 11.6. The van der Waals surface area contributed by atoms with Crippen molar-refractivity contribution in [1.29, 1.82) is 0 Å². The van der Waals surface area contributed by atoms with Crippen molar-refractivity contribution in [1.82, 2.24) is 4.98 Å². The summed E-state index contributed by atoms with van der Waals surface area (Å²) in [6.45, 7) is 12.4. The lowest BCUT2D eigenvalue weighted by Crippen LogP contribution is -2.01. The molecule has 0 radical (unpaired) electrons. The van der Waals surface area contributed by atoms with E-state index >= 15 is 0 Å². The molecule has 1 unspecified atom stereocenters. The molecule has 0 amide bonds. The van der Waals surface area contributed by atoms with Gasteiger partial charge in [-0.3, -0.25) is 4.99 Å². The molecular weight excluding hydrogens is 478 g/mol. The molecule has 2 aromatic carbocycles. The number of allylic oxidation sites excluding steroid dienone is 4. The third kappa shape index (κ3) is 8.66. The van der Waals surface area contributed by atoms with Crippen LogP contribution >= 0.6 is 23.2 Å². The van der Waals surface area contributed by atoms with E-state index in [2.05, 4.69) is 68.0 Å². The second-order valence-electron chi connectivity index (χ2n) is 8.85. The first-order valence-corrected chi connectivity index (χ1v) is 13.0. The maximum atomic E-state index is 13.9. The molecule has 1 atom stereocenters. The van der Waals surface area contributed by atoms with E-state index in [-0.39, 0.29) is 16.8 Å². The average Bonchev–Trinajstić information content (AvgIpc) is 3.15. The number of fused-ring (bicyclic) bond motifs is 1. The van der Waals surface area contributed by atoms with E-state index < -0.39 is 0 Å². The molecule has 35 heavy (non-hydrogen) atoms. The highest BCUT2D eigenvalue weighted by Crippen LogP contribution is 2.35. The van der Waals surface area contributed by atoms with Gasteiger partial charge in [0.25, 0.3) is 0 Å². The quantitative estimate of drug-likeness (QED) is 0.289. The minimum absolute atomic E-state index is 0.189. The van der Waals surface area contributed by atoms with Crippen LogP contribution in [0.25, 0.3) is 10.9 Å². The third-order valence-corrected chi connectivity index (χ3v) is 6.27. The Morgan fingerprint density at radius 2 is 1.83 bits per heavy atom. The number of benzene rings is 2. The fraction of sp³-hybridized carbons (Fsp3) is 0.367. The lowest BCUT2D eigenvalue weighted by atomic mass is 9.92. The van der Waals surface area contributed by atoms with Gasteiger partial charge in [0.2, 0.25) is 0 Å². The van der Waals surface area contributed by atoms with Crippen molar-refractivity contribution in [2.24, 2.45) is 4.99 Å². The minimum atomic E-state index is -0.373. The molecule has 0 saturated heterocycles. The van der Waals surface area contributed by atoms with Gasteiger partial charge in [0.15, 0.2) is 0 Å². The number of aromatic amines is 1. The Morgan fingerprint density at radius 3 is 2.43 bits per heavy atom. The fourth-order valence-corrected chi connectivity index (χ4v) is 4.11. The summed E-state index contributed by atoms with van der Waals surface area (Å²) in [4.78, 5) is 7.58.